The number of amides is 1. The van der Waals surface area contributed by atoms with E-state index in [9.17, 15) is 9.59 Å². The molecular weight excluding hydrogens is 378 g/mol. The monoisotopic (exact) mass is 395 g/mol. The Morgan fingerprint density at radius 3 is 2.44 bits per heavy atom. The molecule has 0 radical (unpaired) electrons. The summed E-state index contributed by atoms with van der Waals surface area (Å²) in [5.41, 5.74) is 2.92. The molecule has 3 nitrogen and oxygen atoms in total. The average molecular weight is 396 g/mol. The van der Waals surface area contributed by atoms with Crippen molar-refractivity contribution in [3.63, 3.8) is 0 Å². The van der Waals surface area contributed by atoms with E-state index in [0.29, 0.717) is 21.8 Å². The van der Waals surface area contributed by atoms with Crippen molar-refractivity contribution in [1.82, 2.24) is 0 Å². The number of halogens is 1. The van der Waals surface area contributed by atoms with Gasteiger partial charge in [0.15, 0.2) is 5.78 Å². The van der Waals surface area contributed by atoms with Crippen LogP contribution in [0, 0.1) is 6.92 Å². The van der Waals surface area contributed by atoms with Crippen LogP contribution in [0.5, 0.6) is 0 Å². The summed E-state index contributed by atoms with van der Waals surface area (Å²) in [5.74, 6) is 0.0861. The SMILES string of the molecule is Cc1ccc(C(=O)Nc2cccc(SCC(=O)c3ccccc3Cl)c2)cc1. The van der Waals surface area contributed by atoms with Gasteiger partial charge < -0.3 is 5.32 Å². The summed E-state index contributed by atoms with van der Waals surface area (Å²) in [5, 5.41) is 3.35. The van der Waals surface area contributed by atoms with E-state index in [-0.39, 0.29) is 17.4 Å². The number of thioether (sulfide) groups is 1. The molecule has 0 unspecified atom stereocenters. The highest BCUT2D eigenvalue weighted by Gasteiger charge is 2.11. The van der Waals surface area contributed by atoms with Crippen molar-refractivity contribution in [2.75, 3.05) is 11.1 Å². The highest BCUT2D eigenvalue weighted by molar-refractivity contribution is 8.00. The lowest BCUT2D eigenvalue weighted by molar-refractivity contribution is 0.101. The van der Waals surface area contributed by atoms with Gasteiger partial charge in [-0.3, -0.25) is 9.59 Å². The number of Topliss-reactive ketones (excluding diaryl/α,β-unsaturated/α-hetero) is 1. The summed E-state index contributed by atoms with van der Waals surface area (Å²) in [7, 11) is 0. The molecule has 1 amide bonds. The maximum absolute atomic E-state index is 12.3. The second-order valence-corrected chi connectivity index (χ2v) is 7.50. The zero-order valence-corrected chi connectivity index (χ0v) is 16.3. The third kappa shape index (κ3) is 5.22. The summed E-state index contributed by atoms with van der Waals surface area (Å²) in [6.07, 6.45) is 0. The number of carbonyl (C=O) groups excluding carboxylic acids is 2. The van der Waals surface area contributed by atoms with Crippen molar-refractivity contribution in [2.24, 2.45) is 0 Å². The minimum atomic E-state index is -0.163. The molecule has 0 aliphatic heterocycles. The maximum Gasteiger partial charge on any atom is 0.255 e. The zero-order chi connectivity index (χ0) is 19.2. The van der Waals surface area contributed by atoms with Crippen LogP contribution in [-0.4, -0.2) is 17.4 Å². The molecule has 0 heterocycles. The first-order chi connectivity index (χ1) is 13.0. The molecule has 1 N–H and O–H groups in total. The molecule has 0 saturated heterocycles. The first-order valence-corrected chi connectivity index (χ1v) is 9.78. The Kier molecular flexibility index (Phi) is 6.32. The van der Waals surface area contributed by atoms with Crippen molar-refractivity contribution in [1.29, 1.82) is 0 Å². The Bertz CT molecular complexity index is 970. The van der Waals surface area contributed by atoms with Crippen LogP contribution in [0.2, 0.25) is 5.02 Å². The smallest absolute Gasteiger partial charge is 0.255 e. The quantitative estimate of drug-likeness (QED) is 0.419. The minimum absolute atomic E-state index is 0.0281. The molecule has 5 heteroatoms. The van der Waals surface area contributed by atoms with E-state index in [1.165, 1.54) is 11.8 Å². The van der Waals surface area contributed by atoms with Gasteiger partial charge in [-0.2, -0.15) is 0 Å². The van der Waals surface area contributed by atoms with Gasteiger partial charge in [0.2, 0.25) is 0 Å². The fourth-order valence-electron chi connectivity index (χ4n) is 2.49. The van der Waals surface area contributed by atoms with Crippen molar-refractivity contribution in [2.45, 2.75) is 11.8 Å². The van der Waals surface area contributed by atoms with Crippen LogP contribution in [0.25, 0.3) is 0 Å². The summed E-state index contributed by atoms with van der Waals surface area (Å²) < 4.78 is 0. The second-order valence-electron chi connectivity index (χ2n) is 6.04. The Morgan fingerprint density at radius 1 is 0.963 bits per heavy atom. The lowest BCUT2D eigenvalue weighted by Crippen LogP contribution is -2.11. The Balaban J connectivity index is 1.63. The van der Waals surface area contributed by atoms with Gasteiger partial charge in [0, 0.05) is 21.7 Å². The Hall–Kier alpha value is -2.56. The van der Waals surface area contributed by atoms with Gasteiger partial charge >= 0.3 is 0 Å². The van der Waals surface area contributed by atoms with Crippen molar-refractivity contribution >= 4 is 40.7 Å². The third-order valence-electron chi connectivity index (χ3n) is 3.95. The summed E-state index contributed by atoms with van der Waals surface area (Å²) >= 11 is 7.49. The van der Waals surface area contributed by atoms with Gasteiger partial charge in [0.05, 0.1) is 10.8 Å². The molecule has 0 fully saturated rings. The van der Waals surface area contributed by atoms with Crippen LogP contribution in [0.1, 0.15) is 26.3 Å². The highest BCUT2D eigenvalue weighted by atomic mass is 35.5. The first-order valence-electron chi connectivity index (χ1n) is 8.41. The van der Waals surface area contributed by atoms with Crippen LogP contribution in [0.4, 0.5) is 5.69 Å². The van der Waals surface area contributed by atoms with E-state index in [4.69, 9.17) is 11.6 Å². The predicted molar refractivity (Wildman–Crippen MR) is 112 cm³/mol. The second kappa shape index (κ2) is 8.89. The lowest BCUT2D eigenvalue weighted by atomic mass is 10.1. The summed E-state index contributed by atoms with van der Waals surface area (Å²) in [4.78, 5) is 25.6. The van der Waals surface area contributed by atoms with Gasteiger partial charge in [-0.05, 0) is 49.4 Å². The number of carbonyl (C=O) groups is 2. The molecule has 0 atom stereocenters. The molecule has 0 bridgehead atoms. The maximum atomic E-state index is 12.3. The number of ketones is 1. The largest absolute Gasteiger partial charge is 0.322 e. The molecule has 3 rings (SSSR count). The van der Waals surface area contributed by atoms with Gasteiger partial charge in [-0.1, -0.05) is 47.5 Å². The van der Waals surface area contributed by atoms with Crippen LogP contribution in [-0.2, 0) is 0 Å². The predicted octanol–water partition coefficient (Wildman–Crippen LogP) is 5.88. The molecule has 0 spiro atoms. The van der Waals surface area contributed by atoms with Crippen LogP contribution < -0.4 is 5.32 Å². The summed E-state index contributed by atoms with van der Waals surface area (Å²) in [6, 6.07) is 21.9. The molecule has 3 aromatic carbocycles. The van der Waals surface area contributed by atoms with E-state index in [1.54, 1.807) is 36.4 Å². The molecule has 136 valence electrons. The van der Waals surface area contributed by atoms with E-state index < -0.39 is 0 Å². The number of aryl methyl sites for hydroxylation is 1. The van der Waals surface area contributed by atoms with Crippen molar-refractivity contribution in [3.8, 4) is 0 Å². The third-order valence-corrected chi connectivity index (χ3v) is 5.27. The van der Waals surface area contributed by atoms with Gasteiger partial charge in [0.25, 0.3) is 5.91 Å². The number of hydrogen-bond acceptors (Lipinski definition) is 3. The van der Waals surface area contributed by atoms with Crippen molar-refractivity contribution < 1.29 is 9.59 Å². The Labute approximate surface area is 167 Å². The van der Waals surface area contributed by atoms with Gasteiger partial charge in [0.1, 0.15) is 0 Å². The van der Waals surface area contributed by atoms with Gasteiger partial charge in [-0.25, -0.2) is 0 Å². The lowest BCUT2D eigenvalue weighted by Gasteiger charge is -2.08. The number of benzene rings is 3. The first kappa shape index (κ1) is 19.2. The molecular formula is C22H18ClNO2S. The number of rotatable bonds is 6. The minimum Gasteiger partial charge on any atom is -0.322 e. The fourth-order valence-corrected chi connectivity index (χ4v) is 3.57. The standard InChI is InChI=1S/C22H18ClNO2S/c1-15-9-11-16(12-10-15)22(26)24-17-5-4-6-18(13-17)27-14-21(25)19-7-2-3-8-20(19)23/h2-13H,14H2,1H3,(H,24,26). The number of anilines is 1. The molecule has 3 aromatic rings. The highest BCUT2D eigenvalue weighted by Crippen LogP contribution is 2.24. The van der Waals surface area contributed by atoms with E-state index in [1.807, 2.05) is 43.3 Å². The molecule has 0 aliphatic carbocycles. The topological polar surface area (TPSA) is 46.2 Å². The molecule has 0 aliphatic rings. The number of nitrogens with one attached hydrogen (secondary N) is 1. The molecule has 27 heavy (non-hydrogen) atoms. The Morgan fingerprint density at radius 2 is 1.70 bits per heavy atom. The fraction of sp³-hybridized carbons (Fsp3) is 0.0909. The van der Waals surface area contributed by atoms with E-state index in [0.717, 1.165) is 10.5 Å². The van der Waals surface area contributed by atoms with Crippen LogP contribution in [0.3, 0.4) is 0 Å². The number of hydrogen-bond donors (Lipinski definition) is 1. The average Bonchev–Trinajstić information content (AvgIpc) is 2.67. The zero-order valence-electron chi connectivity index (χ0n) is 14.7. The van der Waals surface area contributed by atoms with Crippen LogP contribution >= 0.6 is 23.4 Å². The molecule has 0 aromatic heterocycles. The molecule has 0 saturated carbocycles. The van der Waals surface area contributed by atoms with Gasteiger partial charge in [-0.15, -0.1) is 11.8 Å². The van der Waals surface area contributed by atoms with Crippen LogP contribution in [0.15, 0.2) is 77.7 Å². The van der Waals surface area contributed by atoms with Crippen molar-refractivity contribution in [3.05, 3.63) is 94.5 Å². The normalized spacial score (nSPS) is 10.4. The van der Waals surface area contributed by atoms with E-state index in [2.05, 4.69) is 5.32 Å². The summed E-state index contributed by atoms with van der Waals surface area (Å²) in [6.45, 7) is 1.98. The van der Waals surface area contributed by atoms with E-state index >= 15 is 0 Å².